The minimum atomic E-state index is -0.168. The first-order valence-corrected chi connectivity index (χ1v) is 6.68. The van der Waals surface area contributed by atoms with Crippen LogP contribution in [0.2, 0.25) is 0 Å². The van der Waals surface area contributed by atoms with E-state index in [2.05, 4.69) is 22.5 Å². The normalized spacial score (nSPS) is 19.8. The molecule has 0 spiro atoms. The molecule has 0 aliphatic carbocycles. The molecule has 2 amide bonds. The minimum Gasteiger partial charge on any atom is -0.337 e. The maximum Gasteiger partial charge on any atom is 0.315 e. The fourth-order valence-electron chi connectivity index (χ4n) is 2.11. The highest BCUT2D eigenvalue weighted by molar-refractivity contribution is 5.74. The molecule has 1 heterocycles. The van der Waals surface area contributed by atoms with Gasteiger partial charge >= 0.3 is 6.03 Å². The van der Waals surface area contributed by atoms with E-state index in [1.165, 1.54) is 32.4 Å². The summed E-state index contributed by atoms with van der Waals surface area (Å²) in [4.78, 5) is 14.1. The molecule has 1 aliphatic rings. The summed E-state index contributed by atoms with van der Waals surface area (Å²) < 4.78 is 0. The quantitative estimate of drug-likeness (QED) is 0.793. The van der Waals surface area contributed by atoms with Gasteiger partial charge in [-0.25, -0.2) is 4.79 Å². The van der Waals surface area contributed by atoms with Crippen molar-refractivity contribution >= 4 is 6.03 Å². The molecule has 0 bridgehead atoms. The second kappa shape index (κ2) is 6.24. The summed E-state index contributed by atoms with van der Waals surface area (Å²) in [6.07, 6.45) is 3.93. The van der Waals surface area contributed by atoms with Crippen LogP contribution in [-0.2, 0) is 0 Å². The average Bonchev–Trinajstić information content (AvgIpc) is 2.25. The van der Waals surface area contributed by atoms with Gasteiger partial charge in [0.15, 0.2) is 0 Å². The molecular formula is C13H27N3O. The maximum absolute atomic E-state index is 11.6. The van der Waals surface area contributed by atoms with Crippen LogP contribution in [-0.4, -0.2) is 42.1 Å². The van der Waals surface area contributed by atoms with Crippen molar-refractivity contribution in [1.29, 1.82) is 0 Å². The molecule has 2 N–H and O–H groups in total. The Morgan fingerprint density at radius 2 is 1.82 bits per heavy atom. The van der Waals surface area contributed by atoms with Gasteiger partial charge in [0.05, 0.1) is 0 Å². The molecule has 17 heavy (non-hydrogen) atoms. The molecular weight excluding hydrogens is 214 g/mol. The van der Waals surface area contributed by atoms with Crippen LogP contribution in [0.5, 0.6) is 0 Å². The van der Waals surface area contributed by atoms with E-state index in [-0.39, 0.29) is 11.6 Å². The number of likely N-dealkylation sites (tertiary alicyclic amines) is 1. The summed E-state index contributed by atoms with van der Waals surface area (Å²) in [6.45, 7) is 11.2. The lowest BCUT2D eigenvalue weighted by atomic mass is 10.1. The Kier molecular flexibility index (Phi) is 5.25. The molecule has 0 saturated carbocycles. The topological polar surface area (TPSA) is 44.4 Å². The molecule has 0 aromatic rings. The molecule has 1 atom stereocenters. The van der Waals surface area contributed by atoms with E-state index in [4.69, 9.17) is 0 Å². The monoisotopic (exact) mass is 241 g/mol. The number of carbonyl (C=O) groups is 1. The van der Waals surface area contributed by atoms with Gasteiger partial charge in [0, 0.05) is 18.1 Å². The van der Waals surface area contributed by atoms with E-state index < -0.39 is 0 Å². The number of nitrogens with zero attached hydrogens (tertiary/aromatic N) is 1. The van der Waals surface area contributed by atoms with Gasteiger partial charge in [-0.1, -0.05) is 6.42 Å². The zero-order valence-electron chi connectivity index (χ0n) is 11.7. The van der Waals surface area contributed by atoms with Crippen LogP contribution in [0.3, 0.4) is 0 Å². The van der Waals surface area contributed by atoms with Gasteiger partial charge in [-0.15, -0.1) is 0 Å². The zero-order valence-corrected chi connectivity index (χ0v) is 11.7. The lowest BCUT2D eigenvalue weighted by Gasteiger charge is -2.32. The summed E-state index contributed by atoms with van der Waals surface area (Å²) in [5, 5.41) is 5.85. The molecule has 100 valence electrons. The fraction of sp³-hybridized carbons (Fsp3) is 0.923. The highest BCUT2D eigenvalue weighted by atomic mass is 16.2. The van der Waals surface area contributed by atoms with Crippen LogP contribution >= 0.6 is 0 Å². The number of amides is 2. The highest BCUT2D eigenvalue weighted by Gasteiger charge is 2.18. The van der Waals surface area contributed by atoms with Gasteiger partial charge in [0.2, 0.25) is 0 Å². The Labute approximate surface area is 105 Å². The Morgan fingerprint density at radius 3 is 2.35 bits per heavy atom. The molecule has 1 unspecified atom stereocenters. The van der Waals surface area contributed by atoms with Crippen LogP contribution in [0.25, 0.3) is 0 Å². The molecule has 4 heteroatoms. The molecule has 1 fully saturated rings. The van der Waals surface area contributed by atoms with Gasteiger partial charge in [-0.3, -0.25) is 4.90 Å². The first kappa shape index (κ1) is 14.3. The molecule has 4 nitrogen and oxygen atoms in total. The molecule has 0 aromatic heterocycles. The summed E-state index contributed by atoms with van der Waals surface area (Å²) in [5.41, 5.74) is -0.168. The number of hydrogen-bond acceptors (Lipinski definition) is 2. The van der Waals surface area contributed by atoms with Crippen molar-refractivity contribution in [2.24, 2.45) is 0 Å². The SMILES string of the molecule is CC(CNC(=O)NC(C)(C)C)N1CCCCC1. The summed E-state index contributed by atoms with van der Waals surface area (Å²) in [5.74, 6) is 0. The van der Waals surface area contributed by atoms with Crippen LogP contribution < -0.4 is 10.6 Å². The van der Waals surface area contributed by atoms with E-state index in [0.717, 1.165) is 6.54 Å². The highest BCUT2D eigenvalue weighted by Crippen LogP contribution is 2.11. The third kappa shape index (κ3) is 5.91. The number of carbonyl (C=O) groups excluding carboxylic acids is 1. The minimum absolute atomic E-state index is 0.0682. The zero-order chi connectivity index (χ0) is 12.9. The van der Waals surface area contributed by atoms with Gasteiger partial charge in [-0.05, 0) is 53.6 Å². The fourth-order valence-corrected chi connectivity index (χ4v) is 2.11. The predicted octanol–water partition coefficient (Wildman–Crippen LogP) is 1.96. The van der Waals surface area contributed by atoms with Gasteiger partial charge in [0.1, 0.15) is 0 Å². The predicted molar refractivity (Wildman–Crippen MR) is 71.2 cm³/mol. The lowest BCUT2D eigenvalue weighted by molar-refractivity contribution is 0.169. The van der Waals surface area contributed by atoms with E-state index >= 15 is 0 Å². The van der Waals surface area contributed by atoms with Crippen molar-refractivity contribution in [1.82, 2.24) is 15.5 Å². The molecule has 0 aromatic carbocycles. The number of piperidine rings is 1. The first-order valence-electron chi connectivity index (χ1n) is 6.68. The number of urea groups is 1. The number of rotatable bonds is 3. The van der Waals surface area contributed by atoms with Crippen molar-refractivity contribution in [3.63, 3.8) is 0 Å². The van der Waals surface area contributed by atoms with Crippen molar-refractivity contribution in [3.8, 4) is 0 Å². The second-order valence-electron chi connectivity index (χ2n) is 6.03. The molecule has 1 saturated heterocycles. The maximum atomic E-state index is 11.6. The molecule has 0 radical (unpaired) electrons. The van der Waals surface area contributed by atoms with Gasteiger partial charge in [0.25, 0.3) is 0 Å². The van der Waals surface area contributed by atoms with E-state index in [1.54, 1.807) is 0 Å². The Hall–Kier alpha value is -0.770. The average molecular weight is 241 g/mol. The molecule has 1 aliphatic heterocycles. The van der Waals surface area contributed by atoms with Crippen molar-refractivity contribution in [2.75, 3.05) is 19.6 Å². The van der Waals surface area contributed by atoms with Gasteiger partial charge in [-0.2, -0.15) is 0 Å². The Balaban J connectivity index is 2.22. The molecule has 1 rings (SSSR count). The van der Waals surface area contributed by atoms with Crippen LogP contribution in [0.15, 0.2) is 0 Å². The van der Waals surface area contributed by atoms with Crippen molar-refractivity contribution < 1.29 is 4.79 Å². The summed E-state index contributed by atoms with van der Waals surface area (Å²) >= 11 is 0. The third-order valence-corrected chi connectivity index (χ3v) is 3.06. The van der Waals surface area contributed by atoms with Crippen molar-refractivity contribution in [2.45, 2.75) is 58.5 Å². The van der Waals surface area contributed by atoms with Crippen LogP contribution in [0.1, 0.15) is 47.0 Å². The van der Waals surface area contributed by atoms with Crippen LogP contribution in [0.4, 0.5) is 4.79 Å². The van der Waals surface area contributed by atoms with Gasteiger partial charge < -0.3 is 10.6 Å². The number of nitrogens with one attached hydrogen (secondary N) is 2. The third-order valence-electron chi connectivity index (χ3n) is 3.06. The van der Waals surface area contributed by atoms with Crippen molar-refractivity contribution in [3.05, 3.63) is 0 Å². The summed E-state index contributed by atoms with van der Waals surface area (Å²) in [7, 11) is 0. The lowest BCUT2D eigenvalue weighted by Crippen LogP contribution is -2.50. The largest absolute Gasteiger partial charge is 0.337 e. The van der Waals surface area contributed by atoms with E-state index in [0.29, 0.717) is 6.04 Å². The summed E-state index contributed by atoms with van der Waals surface area (Å²) in [6, 6.07) is 0.363. The number of hydrogen-bond donors (Lipinski definition) is 2. The standard InChI is InChI=1S/C13H27N3O/c1-11(16-8-6-5-7-9-16)10-14-12(17)15-13(2,3)4/h11H,5-10H2,1-4H3,(H2,14,15,17). The smallest absolute Gasteiger partial charge is 0.315 e. The second-order valence-corrected chi connectivity index (χ2v) is 6.03. The van der Waals surface area contributed by atoms with E-state index in [1.807, 2.05) is 20.8 Å². The Bertz CT molecular complexity index is 242. The Morgan fingerprint density at radius 1 is 1.24 bits per heavy atom. The van der Waals surface area contributed by atoms with Crippen LogP contribution in [0, 0.1) is 0 Å². The first-order chi connectivity index (χ1) is 7.88. The van der Waals surface area contributed by atoms with E-state index in [9.17, 15) is 4.79 Å².